The van der Waals surface area contributed by atoms with Gasteiger partial charge in [-0.2, -0.15) is 4.31 Å². The Morgan fingerprint density at radius 3 is 2.23 bits per heavy atom. The maximum atomic E-state index is 13.3. The minimum Gasteiger partial charge on any atom is -0.324 e. The molecular formula is C21H23Cl3N2O3S. The summed E-state index contributed by atoms with van der Waals surface area (Å²) in [5.74, 6) is -0.794. The van der Waals surface area contributed by atoms with Gasteiger partial charge in [-0.05, 0) is 56.9 Å². The largest absolute Gasteiger partial charge is 0.324 e. The first kappa shape index (κ1) is 23.4. The highest BCUT2D eigenvalue weighted by molar-refractivity contribution is 7.89. The monoisotopic (exact) mass is 488 g/mol. The lowest BCUT2D eigenvalue weighted by Crippen LogP contribution is -2.44. The van der Waals surface area contributed by atoms with Crippen molar-refractivity contribution in [1.29, 1.82) is 0 Å². The Hall–Kier alpha value is -1.31. The third-order valence-electron chi connectivity index (χ3n) is 5.23. The number of benzene rings is 2. The minimum atomic E-state index is -3.71. The van der Waals surface area contributed by atoms with E-state index in [4.69, 9.17) is 34.8 Å². The van der Waals surface area contributed by atoms with E-state index < -0.39 is 15.9 Å². The highest BCUT2D eigenvalue weighted by Crippen LogP contribution is 2.33. The van der Waals surface area contributed by atoms with Crippen molar-refractivity contribution in [2.24, 2.45) is 5.92 Å². The van der Waals surface area contributed by atoms with E-state index in [9.17, 15) is 13.2 Å². The lowest BCUT2D eigenvalue weighted by Gasteiger charge is -2.32. The molecule has 0 aliphatic carbocycles. The molecule has 3 rings (SSSR count). The summed E-state index contributed by atoms with van der Waals surface area (Å²) in [5, 5.41) is 3.58. The number of aryl methyl sites for hydroxylation is 3. The number of hydrogen-bond acceptors (Lipinski definition) is 3. The topological polar surface area (TPSA) is 66.5 Å². The quantitative estimate of drug-likeness (QED) is 0.568. The molecule has 2 aromatic carbocycles. The van der Waals surface area contributed by atoms with Crippen molar-refractivity contribution >= 4 is 56.4 Å². The van der Waals surface area contributed by atoms with Gasteiger partial charge in [0.25, 0.3) is 0 Å². The highest BCUT2D eigenvalue weighted by atomic mass is 35.5. The predicted molar refractivity (Wildman–Crippen MR) is 122 cm³/mol. The first-order chi connectivity index (χ1) is 14.0. The molecule has 2 aromatic rings. The molecule has 1 aliphatic rings. The molecular weight excluding hydrogens is 467 g/mol. The van der Waals surface area contributed by atoms with Crippen molar-refractivity contribution < 1.29 is 13.2 Å². The number of rotatable bonds is 4. The summed E-state index contributed by atoms with van der Waals surface area (Å²) in [7, 11) is -3.71. The van der Waals surface area contributed by atoms with Gasteiger partial charge in [0.1, 0.15) is 0 Å². The summed E-state index contributed by atoms with van der Waals surface area (Å²) < 4.78 is 28.1. The van der Waals surface area contributed by atoms with Crippen LogP contribution in [0.25, 0.3) is 0 Å². The van der Waals surface area contributed by atoms with Gasteiger partial charge in [0.2, 0.25) is 15.9 Å². The van der Waals surface area contributed by atoms with Crippen molar-refractivity contribution in [3.05, 3.63) is 56.0 Å². The number of piperidine rings is 1. The van der Waals surface area contributed by atoms with Crippen molar-refractivity contribution in [3.63, 3.8) is 0 Å². The second-order valence-electron chi connectivity index (χ2n) is 7.67. The number of anilines is 1. The van der Waals surface area contributed by atoms with Crippen LogP contribution in [-0.2, 0) is 14.8 Å². The van der Waals surface area contributed by atoms with Crippen LogP contribution in [0.4, 0.5) is 5.69 Å². The first-order valence-electron chi connectivity index (χ1n) is 9.54. The fourth-order valence-corrected chi connectivity index (χ4v) is 6.46. The average Bonchev–Trinajstić information content (AvgIpc) is 2.65. The lowest BCUT2D eigenvalue weighted by molar-refractivity contribution is -0.120. The van der Waals surface area contributed by atoms with E-state index in [2.05, 4.69) is 5.32 Å². The zero-order chi connectivity index (χ0) is 22.2. The van der Waals surface area contributed by atoms with Crippen LogP contribution in [0.15, 0.2) is 29.2 Å². The van der Waals surface area contributed by atoms with Gasteiger partial charge in [0, 0.05) is 13.1 Å². The van der Waals surface area contributed by atoms with Crippen LogP contribution >= 0.6 is 34.8 Å². The zero-order valence-corrected chi connectivity index (χ0v) is 20.0. The number of nitrogens with one attached hydrogen (secondary N) is 1. The van der Waals surface area contributed by atoms with E-state index >= 15 is 0 Å². The number of sulfonamides is 1. The molecule has 9 heteroatoms. The molecule has 1 fully saturated rings. The smallest absolute Gasteiger partial charge is 0.243 e. The molecule has 0 aromatic heterocycles. The van der Waals surface area contributed by atoms with Gasteiger partial charge in [-0.3, -0.25) is 4.79 Å². The summed E-state index contributed by atoms with van der Waals surface area (Å²) in [5.41, 5.74) is 2.78. The molecule has 0 unspecified atom stereocenters. The second kappa shape index (κ2) is 9.05. The predicted octanol–water partition coefficient (Wildman–Crippen LogP) is 5.61. The fraction of sp³-hybridized carbons (Fsp3) is 0.381. The Morgan fingerprint density at radius 1 is 1.00 bits per heavy atom. The molecule has 1 N–H and O–H groups in total. The molecule has 1 saturated heterocycles. The third-order valence-corrected chi connectivity index (χ3v) is 8.43. The van der Waals surface area contributed by atoms with Crippen LogP contribution in [-0.4, -0.2) is 31.7 Å². The maximum Gasteiger partial charge on any atom is 0.243 e. The Bertz CT molecular complexity index is 1080. The SMILES string of the molecule is Cc1cc(C)c(S(=O)(=O)N2CCC[C@@H](C(=O)Nc3cc(Cl)c(Cl)cc3Cl)C2)c(C)c1. The van der Waals surface area contributed by atoms with Crippen molar-refractivity contribution in [2.75, 3.05) is 18.4 Å². The van der Waals surface area contributed by atoms with Gasteiger partial charge < -0.3 is 5.32 Å². The molecule has 1 aliphatic heterocycles. The number of hydrogen-bond donors (Lipinski definition) is 1. The Labute approximate surface area is 192 Å². The van der Waals surface area contributed by atoms with E-state index in [1.165, 1.54) is 16.4 Å². The van der Waals surface area contributed by atoms with Gasteiger partial charge in [-0.25, -0.2) is 8.42 Å². The number of carbonyl (C=O) groups is 1. The Kier molecular flexibility index (Phi) is 7.04. The molecule has 1 atom stereocenters. The molecule has 0 bridgehead atoms. The standard InChI is InChI=1S/C21H23Cl3N2O3S/c1-12-7-13(2)20(14(3)8-12)30(28,29)26-6-4-5-15(11-26)21(27)25-19-10-17(23)16(22)9-18(19)24/h7-10,15H,4-6,11H2,1-3H3,(H,25,27)/t15-/m1/s1. The van der Waals surface area contributed by atoms with Gasteiger partial charge >= 0.3 is 0 Å². The average molecular weight is 490 g/mol. The summed E-state index contributed by atoms with van der Waals surface area (Å²) in [4.78, 5) is 13.2. The molecule has 0 radical (unpaired) electrons. The van der Waals surface area contributed by atoms with E-state index in [1.807, 2.05) is 19.1 Å². The van der Waals surface area contributed by atoms with Crippen LogP contribution < -0.4 is 5.32 Å². The van der Waals surface area contributed by atoms with E-state index in [-0.39, 0.29) is 22.5 Å². The van der Waals surface area contributed by atoms with Gasteiger partial charge in [0.15, 0.2) is 0 Å². The summed E-state index contributed by atoms with van der Waals surface area (Å²) in [6.45, 7) is 6.03. The maximum absolute atomic E-state index is 13.3. The van der Waals surface area contributed by atoms with Crippen LogP contribution in [0.1, 0.15) is 29.5 Å². The molecule has 0 spiro atoms. The summed E-state index contributed by atoms with van der Waals surface area (Å²) >= 11 is 18.1. The first-order valence-corrected chi connectivity index (χ1v) is 12.1. The molecule has 30 heavy (non-hydrogen) atoms. The fourth-order valence-electron chi connectivity index (χ4n) is 3.93. The van der Waals surface area contributed by atoms with Crippen LogP contribution in [0.3, 0.4) is 0 Å². The molecule has 5 nitrogen and oxygen atoms in total. The van der Waals surface area contributed by atoms with Gasteiger partial charge in [-0.1, -0.05) is 52.5 Å². The Balaban J connectivity index is 1.81. The van der Waals surface area contributed by atoms with Crippen molar-refractivity contribution in [2.45, 2.75) is 38.5 Å². The second-order valence-corrected chi connectivity index (χ2v) is 10.8. The summed E-state index contributed by atoms with van der Waals surface area (Å²) in [6, 6.07) is 6.67. The zero-order valence-electron chi connectivity index (χ0n) is 16.9. The number of halogens is 3. The normalized spacial score (nSPS) is 17.7. The molecule has 1 heterocycles. The van der Waals surface area contributed by atoms with E-state index in [0.717, 1.165) is 5.56 Å². The van der Waals surface area contributed by atoms with E-state index in [1.54, 1.807) is 13.8 Å². The number of carbonyl (C=O) groups excluding carboxylic acids is 1. The summed E-state index contributed by atoms with van der Waals surface area (Å²) in [6.07, 6.45) is 1.18. The molecule has 1 amide bonds. The van der Waals surface area contributed by atoms with E-state index in [0.29, 0.717) is 46.1 Å². The third kappa shape index (κ3) is 4.78. The number of nitrogens with zero attached hydrogens (tertiary/aromatic N) is 1. The van der Waals surface area contributed by atoms with Crippen molar-refractivity contribution in [1.82, 2.24) is 4.31 Å². The molecule has 0 saturated carbocycles. The van der Waals surface area contributed by atoms with Gasteiger partial charge in [-0.15, -0.1) is 0 Å². The van der Waals surface area contributed by atoms with Crippen LogP contribution in [0.5, 0.6) is 0 Å². The lowest BCUT2D eigenvalue weighted by atomic mass is 9.98. The van der Waals surface area contributed by atoms with Gasteiger partial charge in [0.05, 0.1) is 31.6 Å². The van der Waals surface area contributed by atoms with Crippen LogP contribution in [0, 0.1) is 26.7 Å². The van der Waals surface area contributed by atoms with Crippen molar-refractivity contribution in [3.8, 4) is 0 Å². The number of amides is 1. The Morgan fingerprint density at radius 2 is 1.60 bits per heavy atom. The van der Waals surface area contributed by atoms with Crippen LogP contribution in [0.2, 0.25) is 15.1 Å². The minimum absolute atomic E-state index is 0.111. The highest BCUT2D eigenvalue weighted by Gasteiger charge is 2.35. The molecule has 162 valence electrons.